The first-order valence-corrected chi connectivity index (χ1v) is 13.0. The van der Waals surface area contributed by atoms with Crippen LogP contribution >= 0.6 is 0 Å². The monoisotopic (exact) mass is 474 g/mol. The summed E-state index contributed by atoms with van der Waals surface area (Å²) in [5, 5.41) is 2.67. The van der Waals surface area contributed by atoms with Gasteiger partial charge in [0.1, 0.15) is 0 Å². The molecule has 2 aromatic carbocycles. The maximum Gasteiger partial charge on any atom is 0.325 e. The summed E-state index contributed by atoms with van der Waals surface area (Å²) in [6.07, 6.45) is 7.78. The van der Waals surface area contributed by atoms with Crippen LogP contribution in [0.4, 0.5) is 10.5 Å². The molecule has 1 heterocycles. The zero-order chi connectivity index (χ0) is 24.6. The predicted octanol–water partition coefficient (Wildman–Crippen LogP) is 4.86. The summed E-state index contributed by atoms with van der Waals surface area (Å²) in [6, 6.07) is 18.5. The van der Waals surface area contributed by atoms with Gasteiger partial charge in [-0.1, -0.05) is 36.8 Å². The Balaban J connectivity index is 1.43. The number of nitrogens with one attached hydrogen (secondary N) is 1. The smallest absolute Gasteiger partial charge is 0.325 e. The molecule has 0 bridgehead atoms. The number of hydrogen-bond donors (Lipinski definition) is 1. The molecule has 3 aliphatic rings. The van der Waals surface area contributed by atoms with Crippen molar-refractivity contribution in [3.05, 3.63) is 65.7 Å². The molecule has 5 rings (SSSR count). The van der Waals surface area contributed by atoms with Crippen molar-refractivity contribution < 1.29 is 9.59 Å². The molecular weight excluding hydrogens is 436 g/mol. The van der Waals surface area contributed by atoms with Crippen molar-refractivity contribution in [1.29, 1.82) is 0 Å². The molecule has 6 nitrogen and oxygen atoms in total. The fraction of sp³-hybridized carbons (Fsp3) is 0.517. The second-order valence-corrected chi connectivity index (χ2v) is 10.9. The summed E-state index contributed by atoms with van der Waals surface area (Å²) < 4.78 is 0. The minimum Gasteiger partial charge on any atom is -0.355 e. The summed E-state index contributed by atoms with van der Waals surface area (Å²) in [7, 11) is 6.02. The van der Waals surface area contributed by atoms with E-state index < -0.39 is 0 Å². The predicted molar refractivity (Wildman–Crippen MR) is 140 cm³/mol. The van der Waals surface area contributed by atoms with Gasteiger partial charge in [0, 0.05) is 30.4 Å². The van der Waals surface area contributed by atoms with Gasteiger partial charge in [-0.3, -0.25) is 14.6 Å². The summed E-state index contributed by atoms with van der Waals surface area (Å²) in [6.45, 7) is 1.59. The van der Waals surface area contributed by atoms with Gasteiger partial charge in [-0.25, -0.2) is 4.79 Å². The van der Waals surface area contributed by atoms with Gasteiger partial charge in [0.15, 0.2) is 0 Å². The third-order valence-electron chi connectivity index (χ3n) is 9.00. The van der Waals surface area contributed by atoms with Crippen molar-refractivity contribution >= 4 is 17.6 Å². The molecule has 0 atom stereocenters. The van der Waals surface area contributed by atoms with Crippen LogP contribution in [0.1, 0.15) is 60.9 Å². The molecule has 1 N–H and O–H groups in total. The molecule has 6 heteroatoms. The van der Waals surface area contributed by atoms with Crippen LogP contribution in [0.5, 0.6) is 0 Å². The highest BCUT2D eigenvalue weighted by Gasteiger charge is 2.55. The first-order valence-electron chi connectivity index (χ1n) is 13.0. The highest BCUT2D eigenvalue weighted by atomic mass is 16.2. The number of benzene rings is 2. The summed E-state index contributed by atoms with van der Waals surface area (Å²) in [4.78, 5) is 32.4. The quantitative estimate of drug-likeness (QED) is 0.651. The van der Waals surface area contributed by atoms with E-state index in [0.717, 1.165) is 44.5 Å². The second-order valence-electron chi connectivity index (χ2n) is 10.9. The van der Waals surface area contributed by atoms with Crippen molar-refractivity contribution in [2.75, 3.05) is 39.1 Å². The van der Waals surface area contributed by atoms with E-state index in [4.69, 9.17) is 0 Å². The summed E-state index contributed by atoms with van der Waals surface area (Å²) in [5.74, 6) is 0.515. The Bertz CT molecular complexity index is 1050. The number of carbonyl (C=O) groups excluding carboxylic acids is 2. The molecule has 2 aromatic rings. The van der Waals surface area contributed by atoms with Gasteiger partial charge in [0.25, 0.3) is 5.91 Å². The van der Waals surface area contributed by atoms with Crippen LogP contribution in [-0.4, -0.2) is 61.5 Å². The van der Waals surface area contributed by atoms with E-state index >= 15 is 0 Å². The van der Waals surface area contributed by atoms with Gasteiger partial charge >= 0.3 is 6.03 Å². The zero-order valence-corrected chi connectivity index (χ0v) is 21.3. The van der Waals surface area contributed by atoms with Gasteiger partial charge < -0.3 is 10.2 Å². The molecule has 2 saturated carbocycles. The average molecular weight is 475 g/mol. The van der Waals surface area contributed by atoms with Gasteiger partial charge in [-0.2, -0.15) is 0 Å². The molecule has 35 heavy (non-hydrogen) atoms. The molecule has 0 unspecified atom stereocenters. The summed E-state index contributed by atoms with van der Waals surface area (Å²) >= 11 is 0. The van der Waals surface area contributed by atoms with Crippen molar-refractivity contribution in [2.24, 2.45) is 5.92 Å². The lowest BCUT2D eigenvalue weighted by molar-refractivity contribution is 0.0172. The first-order chi connectivity index (χ1) is 16.9. The van der Waals surface area contributed by atoms with Crippen molar-refractivity contribution in [1.82, 2.24) is 15.1 Å². The van der Waals surface area contributed by atoms with Crippen molar-refractivity contribution in [3.63, 3.8) is 0 Å². The zero-order valence-electron chi connectivity index (χ0n) is 21.3. The van der Waals surface area contributed by atoms with E-state index in [1.807, 2.05) is 29.2 Å². The second kappa shape index (κ2) is 9.30. The Morgan fingerprint density at radius 2 is 1.66 bits per heavy atom. The fourth-order valence-electron chi connectivity index (χ4n) is 6.44. The number of carbonyl (C=O) groups is 2. The molecule has 1 saturated heterocycles. The Morgan fingerprint density at radius 3 is 2.20 bits per heavy atom. The molecule has 186 valence electrons. The van der Waals surface area contributed by atoms with E-state index in [1.54, 1.807) is 7.05 Å². The maximum atomic E-state index is 13.9. The Hall–Kier alpha value is -2.86. The topological polar surface area (TPSA) is 55.9 Å². The molecule has 1 aliphatic heterocycles. The fourth-order valence-corrected chi connectivity index (χ4v) is 6.44. The number of nitrogens with zero attached hydrogens (tertiary/aromatic N) is 3. The third-order valence-corrected chi connectivity index (χ3v) is 9.00. The summed E-state index contributed by atoms with van der Waals surface area (Å²) in [5.41, 5.74) is 2.72. The molecule has 0 aromatic heterocycles. The normalized spacial score (nSPS) is 26.9. The molecule has 1 spiro atoms. The van der Waals surface area contributed by atoms with Crippen LogP contribution in [0.25, 0.3) is 0 Å². The average Bonchev–Trinajstić information content (AvgIpc) is 3.12. The van der Waals surface area contributed by atoms with Crippen molar-refractivity contribution in [3.8, 4) is 0 Å². The highest BCUT2D eigenvalue weighted by molar-refractivity contribution is 5.97. The van der Waals surface area contributed by atoms with E-state index in [2.05, 4.69) is 59.5 Å². The Morgan fingerprint density at radius 1 is 1.00 bits per heavy atom. The highest BCUT2D eigenvalue weighted by Crippen LogP contribution is 2.50. The molecule has 3 amide bonds. The first kappa shape index (κ1) is 23.9. The van der Waals surface area contributed by atoms with E-state index in [9.17, 15) is 9.59 Å². The lowest BCUT2D eigenvalue weighted by Crippen LogP contribution is -2.56. The van der Waals surface area contributed by atoms with Gasteiger partial charge in [0.2, 0.25) is 0 Å². The lowest BCUT2D eigenvalue weighted by Gasteiger charge is -2.51. The maximum absolute atomic E-state index is 13.9. The number of urea groups is 1. The van der Waals surface area contributed by atoms with Gasteiger partial charge in [-0.15, -0.1) is 0 Å². The molecule has 3 fully saturated rings. The van der Waals surface area contributed by atoms with Crippen LogP contribution in [0.15, 0.2) is 54.6 Å². The van der Waals surface area contributed by atoms with Crippen LogP contribution in [0.2, 0.25) is 0 Å². The van der Waals surface area contributed by atoms with Gasteiger partial charge in [-0.05, 0) is 88.4 Å². The van der Waals surface area contributed by atoms with Crippen molar-refractivity contribution in [2.45, 2.75) is 56.0 Å². The minimum atomic E-state index is -0.138. The number of anilines is 1. The minimum absolute atomic E-state index is 0.000277. The molecular formula is C29H38N4O2. The number of hydrogen-bond acceptors (Lipinski definition) is 3. The Kier molecular flexibility index (Phi) is 6.34. The number of rotatable bonds is 6. The Labute approximate surface area is 209 Å². The lowest BCUT2D eigenvalue weighted by atomic mass is 9.68. The molecule has 0 radical (unpaired) electrons. The third kappa shape index (κ3) is 4.12. The molecule has 2 aliphatic carbocycles. The van der Waals surface area contributed by atoms with Crippen LogP contribution in [-0.2, 0) is 5.54 Å². The van der Waals surface area contributed by atoms with E-state index in [1.165, 1.54) is 24.8 Å². The van der Waals surface area contributed by atoms with Crippen LogP contribution in [0, 0.1) is 5.92 Å². The van der Waals surface area contributed by atoms with Gasteiger partial charge in [0.05, 0.1) is 12.1 Å². The largest absolute Gasteiger partial charge is 0.355 e. The SMILES string of the molecule is CNC(=O)c1ccc(N2C[C@]3(CC[C@@](c4ccccc4)(N(C)C)CC3)N(CC3CCC3)C2=O)cc1. The van der Waals surface area contributed by atoms with E-state index in [0.29, 0.717) is 11.5 Å². The standard InChI is InChI=1S/C29H38N4O2/c1-30-26(34)23-12-14-25(15-13-23)32-21-28(33(27(32)35)20-22-8-7-9-22)16-18-29(19-17-28,31(2)3)24-10-5-4-6-11-24/h4-6,10-15,22H,7-9,16-21H2,1-3H3,(H,30,34)/t28-,29-. The van der Waals surface area contributed by atoms with Crippen LogP contribution in [0.3, 0.4) is 0 Å². The van der Waals surface area contributed by atoms with E-state index in [-0.39, 0.29) is 23.0 Å². The van der Waals surface area contributed by atoms with Crippen LogP contribution < -0.4 is 10.2 Å². The number of amides is 3.